The predicted molar refractivity (Wildman–Crippen MR) is 59.4 cm³/mol. The summed E-state index contributed by atoms with van der Waals surface area (Å²) in [5, 5.41) is 0. The third-order valence-corrected chi connectivity index (χ3v) is 2.04. The fraction of sp³-hybridized carbons (Fsp3) is 0.333. The minimum atomic E-state index is -2.41. The number of rotatable bonds is 4. The van der Waals surface area contributed by atoms with Crippen LogP contribution in [0.15, 0.2) is 18.3 Å². The lowest BCUT2D eigenvalue weighted by atomic mass is 10.2. The maximum absolute atomic E-state index is 12.2. The zero-order valence-corrected chi connectivity index (χ0v) is 8.97. The Hall–Kier alpha value is -1.30. The molecule has 0 fully saturated rings. The predicted octanol–water partition coefficient (Wildman–Crippen LogP) is 1.42. The number of nitrogens with two attached hydrogens (primary N) is 1. The quantitative estimate of drug-likeness (QED) is 0.796. The molecule has 82 valence electrons. The van der Waals surface area contributed by atoms with E-state index in [2.05, 4.69) is 4.98 Å². The second-order valence-electron chi connectivity index (χ2n) is 3.01. The summed E-state index contributed by atoms with van der Waals surface area (Å²) in [6.45, 7) is -0.374. The number of nitrogens with zero attached hydrogens (tertiary/aromatic N) is 2. The molecule has 0 saturated heterocycles. The van der Waals surface area contributed by atoms with Crippen LogP contribution in [0, 0.1) is 0 Å². The van der Waals surface area contributed by atoms with Gasteiger partial charge in [-0.25, -0.2) is 8.78 Å². The van der Waals surface area contributed by atoms with Crippen molar-refractivity contribution in [2.75, 3.05) is 18.5 Å². The van der Waals surface area contributed by atoms with Gasteiger partial charge in [-0.1, -0.05) is 12.2 Å². The number of halogens is 2. The molecule has 0 aliphatic rings. The first kappa shape index (κ1) is 11.8. The van der Waals surface area contributed by atoms with Crippen molar-refractivity contribution in [3.63, 3.8) is 0 Å². The van der Waals surface area contributed by atoms with E-state index in [4.69, 9.17) is 18.0 Å². The second kappa shape index (κ2) is 4.97. The molecule has 3 nitrogen and oxygen atoms in total. The van der Waals surface area contributed by atoms with Crippen LogP contribution in [-0.2, 0) is 0 Å². The fourth-order valence-electron chi connectivity index (χ4n) is 1.20. The van der Waals surface area contributed by atoms with Crippen LogP contribution >= 0.6 is 12.2 Å². The highest BCUT2D eigenvalue weighted by Crippen LogP contribution is 2.17. The molecular formula is C9H11F2N3S. The van der Waals surface area contributed by atoms with Crippen LogP contribution < -0.4 is 10.6 Å². The van der Waals surface area contributed by atoms with E-state index in [0.29, 0.717) is 11.4 Å². The zero-order valence-electron chi connectivity index (χ0n) is 8.15. The third kappa shape index (κ3) is 3.09. The molecule has 1 aromatic heterocycles. The third-order valence-electron chi connectivity index (χ3n) is 1.84. The van der Waals surface area contributed by atoms with Crippen molar-refractivity contribution >= 4 is 22.9 Å². The van der Waals surface area contributed by atoms with E-state index in [0.717, 1.165) is 0 Å². The highest BCUT2D eigenvalue weighted by molar-refractivity contribution is 7.80. The van der Waals surface area contributed by atoms with Crippen molar-refractivity contribution in [3.8, 4) is 0 Å². The van der Waals surface area contributed by atoms with Crippen LogP contribution in [-0.4, -0.2) is 30.0 Å². The first-order chi connectivity index (χ1) is 7.02. The van der Waals surface area contributed by atoms with Crippen LogP contribution in [0.5, 0.6) is 0 Å². The van der Waals surface area contributed by atoms with Gasteiger partial charge in [0.05, 0.1) is 12.2 Å². The molecule has 0 saturated carbocycles. The van der Waals surface area contributed by atoms with Crippen LogP contribution in [0.2, 0.25) is 0 Å². The fourth-order valence-corrected chi connectivity index (χ4v) is 1.36. The van der Waals surface area contributed by atoms with Crippen molar-refractivity contribution in [2.45, 2.75) is 6.43 Å². The molecule has 0 radical (unpaired) electrons. The monoisotopic (exact) mass is 231 g/mol. The summed E-state index contributed by atoms with van der Waals surface area (Å²) in [5.74, 6) is 0. The van der Waals surface area contributed by atoms with Gasteiger partial charge >= 0.3 is 0 Å². The van der Waals surface area contributed by atoms with Gasteiger partial charge in [0, 0.05) is 13.2 Å². The Morgan fingerprint density at radius 2 is 2.33 bits per heavy atom. The van der Waals surface area contributed by atoms with Gasteiger partial charge in [-0.15, -0.1) is 0 Å². The van der Waals surface area contributed by atoms with Crippen molar-refractivity contribution in [2.24, 2.45) is 5.73 Å². The summed E-state index contributed by atoms with van der Waals surface area (Å²) in [6.07, 6.45) is -0.886. The van der Waals surface area contributed by atoms with Crippen LogP contribution in [0.1, 0.15) is 5.69 Å². The minimum Gasteiger partial charge on any atom is -0.388 e. The van der Waals surface area contributed by atoms with E-state index in [1.54, 1.807) is 19.2 Å². The molecule has 1 heterocycles. The first-order valence-electron chi connectivity index (χ1n) is 4.26. The molecule has 0 atom stereocenters. The molecule has 15 heavy (non-hydrogen) atoms. The molecule has 0 bridgehead atoms. The van der Waals surface area contributed by atoms with Gasteiger partial charge < -0.3 is 10.6 Å². The molecule has 2 N–H and O–H groups in total. The number of thiocarbonyl (C=S) groups is 1. The van der Waals surface area contributed by atoms with E-state index >= 15 is 0 Å². The number of hydrogen-bond donors (Lipinski definition) is 1. The standard InChI is InChI=1S/C9H11F2N3S/c1-14(5-7(10)11)6-3-2-4-13-8(6)9(12)15/h2-4,7H,5H2,1H3,(H2,12,15). The van der Waals surface area contributed by atoms with Gasteiger partial charge in [-0.3, -0.25) is 4.98 Å². The summed E-state index contributed by atoms with van der Waals surface area (Å²) < 4.78 is 24.4. The largest absolute Gasteiger partial charge is 0.388 e. The Labute approximate surface area is 91.9 Å². The molecule has 6 heteroatoms. The van der Waals surface area contributed by atoms with Gasteiger partial charge in [-0.2, -0.15) is 0 Å². The second-order valence-corrected chi connectivity index (χ2v) is 3.45. The highest BCUT2D eigenvalue weighted by Gasteiger charge is 2.13. The smallest absolute Gasteiger partial charge is 0.255 e. The number of aromatic nitrogens is 1. The molecule has 0 spiro atoms. The number of pyridine rings is 1. The molecule has 1 aromatic rings. The van der Waals surface area contributed by atoms with Crippen LogP contribution in [0.3, 0.4) is 0 Å². The molecular weight excluding hydrogens is 220 g/mol. The minimum absolute atomic E-state index is 0.103. The van der Waals surface area contributed by atoms with Gasteiger partial charge in [0.1, 0.15) is 10.7 Å². The molecule has 0 aliphatic heterocycles. The average Bonchev–Trinajstić information content (AvgIpc) is 2.16. The lowest BCUT2D eigenvalue weighted by Crippen LogP contribution is -2.27. The maximum Gasteiger partial charge on any atom is 0.255 e. The summed E-state index contributed by atoms with van der Waals surface area (Å²) >= 11 is 4.78. The summed E-state index contributed by atoms with van der Waals surface area (Å²) in [5.41, 5.74) is 6.33. The lowest BCUT2D eigenvalue weighted by Gasteiger charge is -2.20. The van der Waals surface area contributed by atoms with Crippen molar-refractivity contribution in [3.05, 3.63) is 24.0 Å². The summed E-state index contributed by atoms with van der Waals surface area (Å²) in [7, 11) is 1.55. The maximum atomic E-state index is 12.2. The summed E-state index contributed by atoms with van der Waals surface area (Å²) in [6, 6.07) is 3.31. The van der Waals surface area contributed by atoms with Crippen LogP contribution in [0.4, 0.5) is 14.5 Å². The van der Waals surface area contributed by atoms with E-state index in [1.807, 2.05) is 0 Å². The number of hydrogen-bond acceptors (Lipinski definition) is 3. The molecule has 0 unspecified atom stereocenters. The van der Waals surface area contributed by atoms with Gasteiger partial charge in [-0.05, 0) is 12.1 Å². The Balaban J connectivity index is 2.97. The normalized spacial score (nSPS) is 10.4. The van der Waals surface area contributed by atoms with E-state index in [1.165, 1.54) is 11.1 Å². The zero-order chi connectivity index (χ0) is 11.4. The van der Waals surface area contributed by atoms with Crippen LogP contribution in [0.25, 0.3) is 0 Å². The van der Waals surface area contributed by atoms with Gasteiger partial charge in [0.25, 0.3) is 6.43 Å². The number of anilines is 1. The SMILES string of the molecule is CN(CC(F)F)c1cccnc1C(N)=S. The topological polar surface area (TPSA) is 42.2 Å². The first-order valence-corrected chi connectivity index (χ1v) is 4.67. The molecule has 0 aromatic carbocycles. The van der Waals surface area contributed by atoms with Crippen molar-refractivity contribution in [1.82, 2.24) is 4.98 Å². The summed E-state index contributed by atoms with van der Waals surface area (Å²) in [4.78, 5) is 5.44. The van der Waals surface area contributed by atoms with Crippen molar-refractivity contribution < 1.29 is 8.78 Å². The van der Waals surface area contributed by atoms with E-state index < -0.39 is 6.43 Å². The van der Waals surface area contributed by atoms with Gasteiger partial charge in [0.15, 0.2) is 0 Å². The van der Waals surface area contributed by atoms with Gasteiger partial charge in [0.2, 0.25) is 0 Å². The Bertz CT molecular complexity index is 357. The Kier molecular flexibility index (Phi) is 3.90. The molecule has 0 aliphatic carbocycles. The lowest BCUT2D eigenvalue weighted by molar-refractivity contribution is 0.156. The number of alkyl halides is 2. The Morgan fingerprint density at radius 3 is 2.87 bits per heavy atom. The van der Waals surface area contributed by atoms with Crippen molar-refractivity contribution in [1.29, 1.82) is 0 Å². The highest BCUT2D eigenvalue weighted by atomic mass is 32.1. The van der Waals surface area contributed by atoms with E-state index in [-0.39, 0.29) is 11.5 Å². The van der Waals surface area contributed by atoms with E-state index in [9.17, 15) is 8.78 Å². The average molecular weight is 231 g/mol. The Morgan fingerprint density at radius 1 is 1.67 bits per heavy atom. The molecule has 1 rings (SSSR count). The molecule has 0 amide bonds.